The molecule has 3 aromatic heterocycles. The smallest absolute Gasteiger partial charge is 0.0636 e. The average molecular weight is 442 g/mol. The lowest BCUT2D eigenvalue weighted by Gasteiger charge is -2.00. The molecule has 0 bridgehead atoms. The fourth-order valence-corrected chi connectivity index (χ4v) is 3.05. The summed E-state index contributed by atoms with van der Waals surface area (Å²) >= 11 is 0. The Labute approximate surface area is 203 Å². The molecule has 0 aliphatic rings. The van der Waals surface area contributed by atoms with Crippen molar-refractivity contribution in [3.8, 4) is 36.0 Å². The highest BCUT2D eigenvalue weighted by atomic mass is 14.7. The maximum atomic E-state index is 5.33. The van der Waals surface area contributed by atoms with Gasteiger partial charge < -0.3 is 0 Å². The third-order valence-corrected chi connectivity index (χ3v) is 4.96. The standard InChI is InChI=1S/C31H27N3/c1-3-5-6-7-14-29-21-18-27(24-33-29)13-9-11-16-31-22-19-28(25-34-31)12-8-10-15-30-20-17-26(4-2)23-32-30/h2,10-11,15-25H,3,5-7,14H2,1H3/b15-10-,16-11+. The molecule has 0 saturated carbocycles. The van der Waals surface area contributed by atoms with Crippen molar-refractivity contribution in [1.82, 2.24) is 15.0 Å². The fourth-order valence-electron chi connectivity index (χ4n) is 3.05. The molecule has 0 atom stereocenters. The molecule has 0 saturated heterocycles. The Balaban J connectivity index is 1.48. The van der Waals surface area contributed by atoms with Gasteiger partial charge in [-0.15, -0.1) is 6.42 Å². The molecule has 0 amide bonds. The summed E-state index contributed by atoms with van der Waals surface area (Å²) in [4.78, 5) is 13.2. The minimum atomic E-state index is 0.758. The van der Waals surface area contributed by atoms with Crippen LogP contribution in [0.3, 0.4) is 0 Å². The average Bonchev–Trinajstić information content (AvgIpc) is 2.89. The van der Waals surface area contributed by atoms with Crippen molar-refractivity contribution in [3.05, 3.63) is 101 Å². The van der Waals surface area contributed by atoms with Crippen molar-refractivity contribution in [2.45, 2.75) is 39.0 Å². The second kappa shape index (κ2) is 13.9. The van der Waals surface area contributed by atoms with Crippen molar-refractivity contribution >= 4 is 12.2 Å². The third-order valence-electron chi connectivity index (χ3n) is 4.96. The molecular formula is C31H27N3. The Bertz CT molecular complexity index is 1270. The van der Waals surface area contributed by atoms with Crippen LogP contribution >= 0.6 is 0 Å². The van der Waals surface area contributed by atoms with Gasteiger partial charge in [0.2, 0.25) is 0 Å². The summed E-state index contributed by atoms with van der Waals surface area (Å²) in [6.45, 7) is 2.22. The zero-order chi connectivity index (χ0) is 23.8. The minimum Gasteiger partial charge on any atom is -0.260 e. The molecule has 0 aliphatic heterocycles. The molecule has 166 valence electrons. The summed E-state index contributed by atoms with van der Waals surface area (Å²) in [5.74, 6) is 14.8. The van der Waals surface area contributed by atoms with Crippen LogP contribution in [0, 0.1) is 36.0 Å². The monoisotopic (exact) mass is 441 g/mol. The van der Waals surface area contributed by atoms with Gasteiger partial charge in [0, 0.05) is 41.0 Å². The molecule has 3 heteroatoms. The highest BCUT2D eigenvalue weighted by Crippen LogP contribution is 2.07. The van der Waals surface area contributed by atoms with Gasteiger partial charge in [-0.1, -0.05) is 55.8 Å². The van der Waals surface area contributed by atoms with E-state index in [4.69, 9.17) is 6.42 Å². The van der Waals surface area contributed by atoms with Gasteiger partial charge in [0.05, 0.1) is 11.4 Å². The first kappa shape index (κ1) is 24.3. The van der Waals surface area contributed by atoms with Crippen LogP contribution < -0.4 is 0 Å². The SMILES string of the molecule is C#Cc1ccc(/C=C\C#Cc2ccc(/C=C/C#Cc3ccc(CCCCCC)nc3)nc2)nc1. The number of allylic oxidation sites excluding steroid dienone is 2. The summed E-state index contributed by atoms with van der Waals surface area (Å²) in [6.07, 6.45) is 23.9. The summed E-state index contributed by atoms with van der Waals surface area (Å²) in [5, 5.41) is 0. The molecule has 0 unspecified atom stereocenters. The first-order valence-electron chi connectivity index (χ1n) is 11.5. The van der Waals surface area contributed by atoms with E-state index in [9.17, 15) is 0 Å². The van der Waals surface area contributed by atoms with Crippen molar-refractivity contribution in [3.63, 3.8) is 0 Å². The predicted molar refractivity (Wildman–Crippen MR) is 140 cm³/mol. The fraction of sp³-hybridized carbons (Fsp3) is 0.194. The van der Waals surface area contributed by atoms with Crippen LogP contribution in [0.2, 0.25) is 0 Å². The lowest BCUT2D eigenvalue weighted by molar-refractivity contribution is 0.660. The van der Waals surface area contributed by atoms with Crippen LogP contribution in [0.4, 0.5) is 0 Å². The van der Waals surface area contributed by atoms with Gasteiger partial charge in [0.25, 0.3) is 0 Å². The normalized spacial score (nSPS) is 10.4. The van der Waals surface area contributed by atoms with E-state index < -0.39 is 0 Å². The van der Waals surface area contributed by atoms with Gasteiger partial charge in [-0.05, 0) is 73.5 Å². The van der Waals surface area contributed by atoms with Crippen LogP contribution in [0.25, 0.3) is 12.2 Å². The van der Waals surface area contributed by atoms with Gasteiger partial charge in [-0.2, -0.15) is 0 Å². The number of rotatable bonds is 7. The lowest BCUT2D eigenvalue weighted by atomic mass is 10.1. The number of nitrogens with zero attached hydrogens (tertiary/aromatic N) is 3. The number of pyridine rings is 3. The highest BCUT2D eigenvalue weighted by Gasteiger charge is 1.95. The first-order chi connectivity index (χ1) is 16.8. The van der Waals surface area contributed by atoms with Crippen LogP contribution in [0.5, 0.6) is 0 Å². The van der Waals surface area contributed by atoms with Crippen molar-refractivity contribution in [1.29, 1.82) is 0 Å². The number of aromatic nitrogens is 3. The van der Waals surface area contributed by atoms with E-state index in [1.807, 2.05) is 48.7 Å². The van der Waals surface area contributed by atoms with Crippen LogP contribution in [-0.2, 0) is 6.42 Å². The van der Waals surface area contributed by atoms with E-state index in [0.29, 0.717) is 0 Å². The second-order valence-corrected chi connectivity index (χ2v) is 7.64. The summed E-state index contributed by atoms with van der Waals surface area (Å²) in [6, 6.07) is 11.7. The molecule has 3 nitrogen and oxygen atoms in total. The van der Waals surface area contributed by atoms with Gasteiger partial charge in [0.1, 0.15) is 0 Å². The predicted octanol–water partition coefficient (Wildman–Crippen LogP) is 6.11. The summed E-state index contributed by atoms with van der Waals surface area (Å²) in [7, 11) is 0. The minimum absolute atomic E-state index is 0.758. The molecule has 0 N–H and O–H groups in total. The van der Waals surface area contributed by atoms with Crippen LogP contribution in [-0.4, -0.2) is 15.0 Å². The van der Waals surface area contributed by atoms with Gasteiger partial charge in [0.15, 0.2) is 0 Å². The molecule has 0 radical (unpaired) electrons. The molecule has 0 fully saturated rings. The maximum Gasteiger partial charge on any atom is 0.0636 e. The molecule has 3 aromatic rings. The first-order valence-corrected chi connectivity index (χ1v) is 11.5. The largest absolute Gasteiger partial charge is 0.260 e. The van der Waals surface area contributed by atoms with E-state index in [1.165, 1.54) is 25.7 Å². The van der Waals surface area contributed by atoms with Crippen molar-refractivity contribution < 1.29 is 0 Å². The van der Waals surface area contributed by atoms with Crippen LogP contribution in [0.15, 0.2) is 67.1 Å². The van der Waals surface area contributed by atoms with Crippen molar-refractivity contribution in [2.24, 2.45) is 0 Å². The van der Waals surface area contributed by atoms with Crippen LogP contribution in [0.1, 0.15) is 66.4 Å². The maximum absolute atomic E-state index is 5.33. The number of terminal acetylenes is 1. The molecule has 34 heavy (non-hydrogen) atoms. The van der Waals surface area contributed by atoms with E-state index in [0.717, 1.165) is 40.2 Å². The Morgan fingerprint density at radius 1 is 0.706 bits per heavy atom. The van der Waals surface area contributed by atoms with E-state index in [2.05, 4.69) is 57.5 Å². The number of hydrogen-bond acceptors (Lipinski definition) is 3. The molecular weight excluding hydrogens is 414 g/mol. The lowest BCUT2D eigenvalue weighted by Crippen LogP contribution is -1.90. The van der Waals surface area contributed by atoms with Gasteiger partial charge in [-0.3, -0.25) is 15.0 Å². The number of aryl methyl sites for hydroxylation is 1. The van der Waals surface area contributed by atoms with Crippen molar-refractivity contribution in [2.75, 3.05) is 0 Å². The molecule has 0 aliphatic carbocycles. The summed E-state index contributed by atoms with van der Waals surface area (Å²) in [5.41, 5.74) is 5.28. The van der Waals surface area contributed by atoms with E-state index >= 15 is 0 Å². The van der Waals surface area contributed by atoms with Gasteiger partial charge >= 0.3 is 0 Å². The zero-order valence-electron chi connectivity index (χ0n) is 19.5. The quantitative estimate of drug-likeness (QED) is 0.328. The van der Waals surface area contributed by atoms with E-state index in [-0.39, 0.29) is 0 Å². The Morgan fingerprint density at radius 3 is 1.79 bits per heavy atom. The second-order valence-electron chi connectivity index (χ2n) is 7.64. The summed E-state index contributed by atoms with van der Waals surface area (Å²) < 4.78 is 0. The Kier molecular flexibility index (Phi) is 9.92. The molecule has 3 heterocycles. The molecule has 3 rings (SSSR count). The number of hydrogen-bond donors (Lipinski definition) is 0. The van der Waals surface area contributed by atoms with E-state index in [1.54, 1.807) is 24.5 Å². The number of unbranched alkanes of at least 4 members (excludes halogenated alkanes) is 3. The molecule has 0 aromatic carbocycles. The third kappa shape index (κ3) is 8.63. The highest BCUT2D eigenvalue weighted by molar-refractivity contribution is 5.53. The topological polar surface area (TPSA) is 38.7 Å². The van der Waals surface area contributed by atoms with Gasteiger partial charge in [-0.25, -0.2) is 0 Å². The Hall–Kier alpha value is -4.39. The molecule has 0 spiro atoms. The zero-order valence-corrected chi connectivity index (χ0v) is 19.5. The Morgan fingerprint density at radius 2 is 1.29 bits per heavy atom.